The zero-order chi connectivity index (χ0) is 16.5. The van der Waals surface area contributed by atoms with Gasteiger partial charge in [-0.2, -0.15) is 0 Å². The van der Waals surface area contributed by atoms with Gasteiger partial charge in [-0.05, 0) is 42.5 Å². The molecule has 0 aliphatic heterocycles. The molecule has 2 heteroatoms. The summed E-state index contributed by atoms with van der Waals surface area (Å²) in [6, 6.07) is 7.82. The van der Waals surface area contributed by atoms with Crippen LogP contribution in [0.2, 0.25) is 0 Å². The molecule has 0 aromatic heterocycles. The first-order valence-corrected chi connectivity index (χ1v) is 7.68. The van der Waals surface area contributed by atoms with Crippen LogP contribution in [-0.4, -0.2) is 13.2 Å². The molecule has 21 heavy (non-hydrogen) atoms. The summed E-state index contributed by atoms with van der Waals surface area (Å²) in [5.41, 5.74) is 1.50. The fraction of sp³-hybridized carbons (Fsp3) is 0.579. The lowest BCUT2D eigenvalue weighted by Crippen LogP contribution is -2.04. The average molecular weight is 292 g/mol. The first-order chi connectivity index (χ1) is 9.63. The molecule has 1 aromatic carbocycles. The minimum Gasteiger partial charge on any atom is -0.494 e. The summed E-state index contributed by atoms with van der Waals surface area (Å²) in [7, 11) is 0. The topological polar surface area (TPSA) is 18.5 Å². The highest BCUT2D eigenvalue weighted by Gasteiger charge is 2.01. The number of rotatable bonds is 6. The fourth-order valence-corrected chi connectivity index (χ4v) is 1.26. The van der Waals surface area contributed by atoms with Gasteiger partial charge in [0.2, 0.25) is 0 Å². The lowest BCUT2D eigenvalue weighted by Gasteiger charge is -2.10. The molecule has 2 nitrogen and oxygen atoms in total. The van der Waals surface area contributed by atoms with Gasteiger partial charge in [0.1, 0.15) is 11.5 Å². The van der Waals surface area contributed by atoms with E-state index in [1.807, 2.05) is 31.2 Å². The third-order valence-corrected chi connectivity index (χ3v) is 2.08. The molecule has 0 fully saturated rings. The summed E-state index contributed by atoms with van der Waals surface area (Å²) >= 11 is 0. The van der Waals surface area contributed by atoms with Gasteiger partial charge in [-0.15, -0.1) is 0 Å². The van der Waals surface area contributed by atoms with Gasteiger partial charge in [-0.1, -0.05) is 48.1 Å². The van der Waals surface area contributed by atoms with Crippen molar-refractivity contribution in [2.75, 3.05) is 13.2 Å². The van der Waals surface area contributed by atoms with Crippen LogP contribution in [0.25, 0.3) is 5.76 Å². The average Bonchev–Trinajstić information content (AvgIpc) is 2.35. The highest BCUT2D eigenvalue weighted by atomic mass is 16.5. The zero-order valence-corrected chi connectivity index (χ0v) is 14.8. The van der Waals surface area contributed by atoms with E-state index in [1.54, 1.807) is 0 Å². The SMILES string of the molecule is C=C(OCC)c1ccc(OCC(C)C)cc1.CC(C)(C)C. The molecule has 0 amide bonds. The molecule has 120 valence electrons. The van der Waals surface area contributed by atoms with Gasteiger partial charge in [-0.25, -0.2) is 0 Å². The van der Waals surface area contributed by atoms with E-state index in [-0.39, 0.29) is 0 Å². The Morgan fingerprint density at radius 2 is 1.57 bits per heavy atom. The maximum absolute atomic E-state index is 5.59. The smallest absolute Gasteiger partial charge is 0.119 e. The second-order valence-electron chi connectivity index (χ2n) is 7.09. The Kier molecular flexibility index (Phi) is 8.84. The molecular formula is C19H32O2. The van der Waals surface area contributed by atoms with Crippen molar-refractivity contribution in [3.05, 3.63) is 36.4 Å². The fourth-order valence-electron chi connectivity index (χ4n) is 1.26. The molecule has 0 saturated carbocycles. The summed E-state index contributed by atoms with van der Waals surface area (Å²) in [6.07, 6.45) is 0. The lowest BCUT2D eigenvalue weighted by atomic mass is 10.0. The molecule has 0 bridgehead atoms. The van der Waals surface area contributed by atoms with Gasteiger partial charge >= 0.3 is 0 Å². The molecule has 0 unspecified atom stereocenters. The molecule has 0 aliphatic rings. The highest BCUT2D eigenvalue weighted by molar-refractivity contribution is 5.58. The Hall–Kier alpha value is -1.44. The van der Waals surface area contributed by atoms with Crippen LogP contribution in [0.15, 0.2) is 30.8 Å². The molecule has 0 heterocycles. The van der Waals surface area contributed by atoms with Crippen molar-refractivity contribution in [2.24, 2.45) is 11.3 Å². The number of hydrogen-bond donors (Lipinski definition) is 0. The summed E-state index contributed by atoms with van der Waals surface area (Å²) < 4.78 is 10.9. The largest absolute Gasteiger partial charge is 0.494 e. The molecule has 0 aliphatic carbocycles. The normalized spacial score (nSPS) is 10.7. The van der Waals surface area contributed by atoms with E-state index in [0.29, 0.717) is 23.7 Å². The number of benzene rings is 1. The molecule has 0 radical (unpaired) electrons. The summed E-state index contributed by atoms with van der Waals surface area (Å²) in [4.78, 5) is 0. The number of ether oxygens (including phenoxy) is 2. The van der Waals surface area contributed by atoms with E-state index >= 15 is 0 Å². The summed E-state index contributed by atoms with van der Waals surface area (Å²) in [5, 5.41) is 0. The molecule has 0 spiro atoms. The van der Waals surface area contributed by atoms with Crippen LogP contribution in [0.4, 0.5) is 0 Å². The van der Waals surface area contributed by atoms with E-state index in [0.717, 1.165) is 17.9 Å². The zero-order valence-electron chi connectivity index (χ0n) is 14.8. The molecule has 1 aromatic rings. The third kappa shape index (κ3) is 12.0. The first kappa shape index (κ1) is 19.6. The minimum absolute atomic E-state index is 0.500. The van der Waals surface area contributed by atoms with Crippen LogP contribution in [0.5, 0.6) is 5.75 Å². The Morgan fingerprint density at radius 3 is 1.95 bits per heavy atom. The van der Waals surface area contributed by atoms with Crippen molar-refractivity contribution in [3.63, 3.8) is 0 Å². The van der Waals surface area contributed by atoms with E-state index in [9.17, 15) is 0 Å². The Labute approximate surface area is 131 Å². The van der Waals surface area contributed by atoms with Gasteiger partial charge < -0.3 is 9.47 Å². The monoisotopic (exact) mass is 292 g/mol. The lowest BCUT2D eigenvalue weighted by molar-refractivity contribution is 0.271. The predicted octanol–water partition coefficient (Wildman–Crippen LogP) is 5.78. The van der Waals surface area contributed by atoms with E-state index < -0.39 is 0 Å². The van der Waals surface area contributed by atoms with Crippen LogP contribution >= 0.6 is 0 Å². The second-order valence-corrected chi connectivity index (χ2v) is 7.09. The molecule has 1 rings (SSSR count). The Morgan fingerprint density at radius 1 is 1.10 bits per heavy atom. The highest BCUT2D eigenvalue weighted by Crippen LogP contribution is 2.18. The maximum Gasteiger partial charge on any atom is 0.119 e. The Balaban J connectivity index is 0.000000690. The van der Waals surface area contributed by atoms with Gasteiger partial charge in [0.05, 0.1) is 13.2 Å². The standard InChI is InChI=1S/C14H20O2.C5H12/c1-5-15-12(4)13-6-8-14(9-7-13)16-10-11(2)3;1-5(2,3)4/h6-9,11H,4-5,10H2,1-3H3;1-4H3. The van der Waals surface area contributed by atoms with Crippen molar-refractivity contribution in [1.29, 1.82) is 0 Å². The van der Waals surface area contributed by atoms with Gasteiger partial charge in [0.15, 0.2) is 0 Å². The van der Waals surface area contributed by atoms with Crippen LogP contribution in [0.1, 0.15) is 54.0 Å². The van der Waals surface area contributed by atoms with Crippen molar-refractivity contribution >= 4 is 5.76 Å². The molecule has 0 atom stereocenters. The van der Waals surface area contributed by atoms with Crippen molar-refractivity contribution in [1.82, 2.24) is 0 Å². The van der Waals surface area contributed by atoms with Crippen LogP contribution in [-0.2, 0) is 4.74 Å². The Bertz CT molecular complexity index is 391. The quantitative estimate of drug-likeness (QED) is 0.619. The summed E-state index contributed by atoms with van der Waals surface area (Å²) in [6.45, 7) is 20.2. The second kappa shape index (κ2) is 9.49. The van der Waals surface area contributed by atoms with Gasteiger partial charge in [0.25, 0.3) is 0 Å². The molecule has 0 N–H and O–H groups in total. The van der Waals surface area contributed by atoms with Crippen LogP contribution in [0.3, 0.4) is 0 Å². The first-order valence-electron chi connectivity index (χ1n) is 7.68. The van der Waals surface area contributed by atoms with Crippen LogP contribution < -0.4 is 4.74 Å². The number of hydrogen-bond acceptors (Lipinski definition) is 2. The van der Waals surface area contributed by atoms with Crippen molar-refractivity contribution in [2.45, 2.75) is 48.5 Å². The van der Waals surface area contributed by atoms with Crippen molar-refractivity contribution in [3.8, 4) is 5.75 Å². The van der Waals surface area contributed by atoms with E-state index in [4.69, 9.17) is 9.47 Å². The van der Waals surface area contributed by atoms with Crippen molar-refractivity contribution < 1.29 is 9.47 Å². The minimum atomic E-state index is 0.500. The predicted molar refractivity (Wildman–Crippen MR) is 92.6 cm³/mol. The maximum atomic E-state index is 5.59. The van der Waals surface area contributed by atoms with E-state index in [1.165, 1.54) is 0 Å². The molecule has 0 saturated heterocycles. The van der Waals surface area contributed by atoms with E-state index in [2.05, 4.69) is 48.1 Å². The molecular weight excluding hydrogens is 260 g/mol. The van der Waals surface area contributed by atoms with Crippen LogP contribution in [0, 0.1) is 11.3 Å². The summed E-state index contributed by atoms with van der Waals surface area (Å²) in [5.74, 6) is 2.14. The van der Waals surface area contributed by atoms with Gasteiger partial charge in [0, 0.05) is 5.56 Å². The third-order valence-electron chi connectivity index (χ3n) is 2.08. The van der Waals surface area contributed by atoms with Gasteiger partial charge in [-0.3, -0.25) is 0 Å².